The van der Waals surface area contributed by atoms with Gasteiger partial charge >= 0.3 is 6.18 Å². The second kappa shape index (κ2) is 9.53. The highest BCUT2D eigenvalue weighted by Crippen LogP contribution is 2.31. The van der Waals surface area contributed by atoms with Crippen LogP contribution in [-0.2, 0) is 19.1 Å². The molecule has 0 aliphatic rings. The van der Waals surface area contributed by atoms with Gasteiger partial charge in [0, 0.05) is 23.6 Å². The van der Waals surface area contributed by atoms with Gasteiger partial charge in [-0.2, -0.15) is 18.3 Å². The normalized spacial score (nSPS) is 11.8. The van der Waals surface area contributed by atoms with Gasteiger partial charge in [-0.3, -0.25) is 4.90 Å². The Hall–Kier alpha value is -2.51. The van der Waals surface area contributed by atoms with Gasteiger partial charge in [-0.05, 0) is 42.9 Å². The van der Waals surface area contributed by atoms with Crippen molar-refractivity contribution in [2.24, 2.45) is 0 Å². The first-order chi connectivity index (χ1) is 14.3. The van der Waals surface area contributed by atoms with Crippen molar-refractivity contribution in [2.45, 2.75) is 33.0 Å². The van der Waals surface area contributed by atoms with Gasteiger partial charge in [0.1, 0.15) is 0 Å². The topological polar surface area (TPSA) is 41.9 Å². The lowest BCUT2D eigenvalue weighted by molar-refractivity contribution is -0.137. The second-order valence-corrected chi connectivity index (χ2v) is 7.31. The fourth-order valence-electron chi connectivity index (χ4n) is 3.06. The Bertz CT molecular complexity index is 986. The van der Waals surface area contributed by atoms with Crippen LogP contribution in [0.3, 0.4) is 0 Å². The van der Waals surface area contributed by atoms with Gasteiger partial charge in [0.05, 0.1) is 17.0 Å². The number of aromatic nitrogens is 3. The van der Waals surface area contributed by atoms with E-state index in [2.05, 4.69) is 33.9 Å². The summed E-state index contributed by atoms with van der Waals surface area (Å²) in [7, 11) is 0. The van der Waals surface area contributed by atoms with Gasteiger partial charge in [0.15, 0.2) is 5.82 Å². The second-order valence-electron chi connectivity index (χ2n) is 6.87. The van der Waals surface area contributed by atoms with Crippen molar-refractivity contribution >= 4 is 11.6 Å². The van der Waals surface area contributed by atoms with E-state index in [0.717, 1.165) is 30.8 Å². The molecule has 8 heteroatoms. The van der Waals surface area contributed by atoms with Crippen molar-refractivity contribution in [2.75, 3.05) is 13.1 Å². The molecule has 0 bridgehead atoms. The SMILES string of the molecule is CCN(CC)Cc1nnc(-c2cccc(C(F)(F)F)c2)nc1Cc1ccc(Cl)cc1. The minimum atomic E-state index is -4.43. The molecule has 0 saturated heterocycles. The minimum Gasteiger partial charge on any atom is -0.298 e. The third-order valence-corrected chi connectivity index (χ3v) is 5.09. The number of nitrogens with zero attached hydrogens (tertiary/aromatic N) is 4. The van der Waals surface area contributed by atoms with Gasteiger partial charge in [-0.1, -0.05) is 49.7 Å². The molecule has 0 radical (unpaired) electrons. The summed E-state index contributed by atoms with van der Waals surface area (Å²) < 4.78 is 39.3. The lowest BCUT2D eigenvalue weighted by Crippen LogP contribution is -2.24. The van der Waals surface area contributed by atoms with E-state index in [9.17, 15) is 13.2 Å². The van der Waals surface area contributed by atoms with Gasteiger partial charge < -0.3 is 0 Å². The summed E-state index contributed by atoms with van der Waals surface area (Å²) >= 11 is 5.97. The summed E-state index contributed by atoms with van der Waals surface area (Å²) in [6.07, 6.45) is -3.95. The van der Waals surface area contributed by atoms with E-state index in [1.807, 2.05) is 12.1 Å². The molecule has 0 amide bonds. The van der Waals surface area contributed by atoms with E-state index < -0.39 is 11.7 Å². The van der Waals surface area contributed by atoms with E-state index in [0.29, 0.717) is 29.4 Å². The van der Waals surface area contributed by atoms with Crippen molar-refractivity contribution in [3.05, 3.63) is 76.1 Å². The number of alkyl halides is 3. The fourth-order valence-corrected chi connectivity index (χ4v) is 3.18. The predicted molar refractivity (Wildman–Crippen MR) is 111 cm³/mol. The largest absolute Gasteiger partial charge is 0.416 e. The molecule has 1 aromatic heterocycles. The van der Waals surface area contributed by atoms with E-state index in [1.54, 1.807) is 18.2 Å². The van der Waals surface area contributed by atoms with Crippen molar-refractivity contribution < 1.29 is 13.2 Å². The van der Waals surface area contributed by atoms with E-state index in [-0.39, 0.29) is 11.4 Å². The Morgan fingerprint density at radius 1 is 0.933 bits per heavy atom. The van der Waals surface area contributed by atoms with E-state index >= 15 is 0 Å². The van der Waals surface area contributed by atoms with Crippen molar-refractivity contribution in [1.82, 2.24) is 20.1 Å². The zero-order chi connectivity index (χ0) is 21.7. The first-order valence-corrected chi connectivity index (χ1v) is 10.0. The highest BCUT2D eigenvalue weighted by atomic mass is 35.5. The van der Waals surface area contributed by atoms with Crippen LogP contribution in [-0.4, -0.2) is 33.2 Å². The highest BCUT2D eigenvalue weighted by molar-refractivity contribution is 6.30. The molecule has 3 rings (SSSR count). The molecule has 0 aliphatic carbocycles. The molecule has 0 aliphatic heterocycles. The van der Waals surface area contributed by atoms with E-state index in [4.69, 9.17) is 11.6 Å². The minimum absolute atomic E-state index is 0.174. The number of rotatable bonds is 7. The monoisotopic (exact) mass is 434 g/mol. The van der Waals surface area contributed by atoms with Crippen LogP contribution in [0.15, 0.2) is 48.5 Å². The predicted octanol–water partition coefficient (Wildman–Crippen LogP) is 5.64. The molecular weight excluding hydrogens is 413 g/mol. The molecule has 158 valence electrons. The third kappa shape index (κ3) is 5.55. The number of hydrogen-bond acceptors (Lipinski definition) is 4. The molecule has 1 heterocycles. The van der Waals surface area contributed by atoms with Gasteiger partial charge in [0.2, 0.25) is 0 Å². The summed E-state index contributed by atoms with van der Waals surface area (Å²) in [6, 6.07) is 12.4. The van der Waals surface area contributed by atoms with Gasteiger partial charge in [-0.25, -0.2) is 4.98 Å². The zero-order valence-corrected chi connectivity index (χ0v) is 17.5. The van der Waals surface area contributed by atoms with Gasteiger partial charge in [-0.15, -0.1) is 5.10 Å². The zero-order valence-electron chi connectivity index (χ0n) is 16.7. The van der Waals surface area contributed by atoms with Crippen molar-refractivity contribution in [1.29, 1.82) is 0 Å². The van der Waals surface area contributed by atoms with Crippen LogP contribution in [0, 0.1) is 0 Å². The molecule has 0 unspecified atom stereocenters. The van der Waals surface area contributed by atoms with Crippen LogP contribution in [0.25, 0.3) is 11.4 Å². The lowest BCUT2D eigenvalue weighted by atomic mass is 10.1. The summed E-state index contributed by atoms with van der Waals surface area (Å²) in [4.78, 5) is 6.79. The maximum atomic E-state index is 13.1. The first kappa shape index (κ1) is 22.2. The molecule has 0 atom stereocenters. The molecule has 2 aromatic carbocycles. The highest BCUT2D eigenvalue weighted by Gasteiger charge is 2.30. The molecular formula is C22H22ClF3N4. The number of halogens is 4. The maximum absolute atomic E-state index is 13.1. The Balaban J connectivity index is 2.01. The molecule has 0 spiro atoms. The van der Waals surface area contributed by atoms with Crippen molar-refractivity contribution in [3.8, 4) is 11.4 Å². The van der Waals surface area contributed by atoms with Crippen LogP contribution in [0.1, 0.15) is 36.4 Å². The average molecular weight is 435 g/mol. The van der Waals surface area contributed by atoms with Crippen LogP contribution in [0.2, 0.25) is 5.02 Å². The van der Waals surface area contributed by atoms with Crippen LogP contribution >= 0.6 is 11.6 Å². The quantitative estimate of drug-likeness (QED) is 0.482. The Morgan fingerprint density at radius 2 is 1.63 bits per heavy atom. The van der Waals surface area contributed by atoms with Crippen LogP contribution in [0.4, 0.5) is 13.2 Å². The Labute approximate surface area is 178 Å². The average Bonchev–Trinajstić information content (AvgIpc) is 2.74. The molecule has 0 fully saturated rings. The standard InChI is InChI=1S/C22H22ClF3N4/c1-3-30(4-2)14-20-19(12-15-8-10-18(23)11-9-15)27-21(29-28-20)16-6-5-7-17(13-16)22(24,25)26/h5-11,13H,3-4,12,14H2,1-2H3. The first-order valence-electron chi connectivity index (χ1n) is 9.67. The third-order valence-electron chi connectivity index (χ3n) is 4.84. The van der Waals surface area contributed by atoms with E-state index in [1.165, 1.54) is 6.07 Å². The molecule has 4 nitrogen and oxygen atoms in total. The van der Waals surface area contributed by atoms with Crippen LogP contribution < -0.4 is 0 Å². The summed E-state index contributed by atoms with van der Waals surface area (Å²) in [5, 5.41) is 9.10. The number of benzene rings is 2. The fraction of sp³-hybridized carbons (Fsp3) is 0.318. The van der Waals surface area contributed by atoms with Crippen LogP contribution in [0.5, 0.6) is 0 Å². The maximum Gasteiger partial charge on any atom is 0.416 e. The summed E-state index contributed by atoms with van der Waals surface area (Å²) in [6.45, 7) is 6.36. The molecule has 0 N–H and O–H groups in total. The molecule has 30 heavy (non-hydrogen) atoms. The Morgan fingerprint density at radius 3 is 2.27 bits per heavy atom. The summed E-state index contributed by atoms with van der Waals surface area (Å²) in [5.74, 6) is 0.174. The van der Waals surface area contributed by atoms with Gasteiger partial charge in [0.25, 0.3) is 0 Å². The molecule has 0 saturated carbocycles. The smallest absolute Gasteiger partial charge is 0.298 e. The van der Waals surface area contributed by atoms with Crippen molar-refractivity contribution in [3.63, 3.8) is 0 Å². The lowest BCUT2D eigenvalue weighted by Gasteiger charge is -2.19. The Kier molecular flexibility index (Phi) is 7.05. The summed E-state index contributed by atoms with van der Waals surface area (Å²) in [5.41, 5.74) is 1.92. The number of hydrogen-bond donors (Lipinski definition) is 0. The molecule has 3 aromatic rings.